The maximum atomic E-state index is 13.3. The summed E-state index contributed by atoms with van der Waals surface area (Å²) in [6.07, 6.45) is 1.81. The second-order valence-electron chi connectivity index (χ2n) is 8.26. The van der Waals surface area contributed by atoms with Gasteiger partial charge in [0.1, 0.15) is 0 Å². The van der Waals surface area contributed by atoms with Crippen LogP contribution in [-0.4, -0.2) is 47.9 Å². The van der Waals surface area contributed by atoms with Crippen molar-refractivity contribution in [2.45, 2.75) is 20.8 Å². The Bertz CT molecular complexity index is 1240. The van der Waals surface area contributed by atoms with Crippen LogP contribution in [0.3, 0.4) is 0 Å². The molecule has 0 unspecified atom stereocenters. The van der Waals surface area contributed by atoms with Gasteiger partial charge in [0.2, 0.25) is 0 Å². The van der Waals surface area contributed by atoms with Crippen molar-refractivity contribution in [2.24, 2.45) is 0 Å². The summed E-state index contributed by atoms with van der Waals surface area (Å²) < 4.78 is 0. The lowest BCUT2D eigenvalue weighted by atomic mass is 9.97. The molecule has 0 aliphatic carbocycles. The molecule has 2 heterocycles. The molecule has 0 atom stereocenters. The fourth-order valence-electron chi connectivity index (χ4n) is 4.35. The number of aryl methyl sites for hydroxylation is 1. The third kappa shape index (κ3) is 4.79. The maximum Gasteiger partial charge on any atom is 0.256 e. The van der Waals surface area contributed by atoms with E-state index in [4.69, 9.17) is 11.6 Å². The number of anilines is 1. The number of benzene rings is 2. The highest BCUT2D eigenvalue weighted by Gasteiger charge is 2.27. The zero-order valence-corrected chi connectivity index (χ0v) is 20.4. The summed E-state index contributed by atoms with van der Waals surface area (Å²) in [7, 11) is 0. The molecule has 34 heavy (non-hydrogen) atoms. The van der Waals surface area contributed by atoms with Gasteiger partial charge in [0.05, 0.1) is 11.1 Å². The largest absolute Gasteiger partial charge is 0.358 e. The number of aromatic amines is 1. The van der Waals surface area contributed by atoms with Gasteiger partial charge < -0.3 is 20.5 Å². The number of hydrogen-bond acceptors (Lipinski definition) is 3. The van der Waals surface area contributed by atoms with Crippen LogP contribution < -0.4 is 10.6 Å². The van der Waals surface area contributed by atoms with Crippen LogP contribution in [0.25, 0.3) is 22.8 Å². The molecule has 6 nitrogen and oxygen atoms in total. The van der Waals surface area contributed by atoms with Crippen molar-refractivity contribution in [2.75, 3.05) is 31.5 Å². The van der Waals surface area contributed by atoms with E-state index in [0.29, 0.717) is 28.4 Å². The van der Waals surface area contributed by atoms with E-state index >= 15 is 0 Å². The highest BCUT2D eigenvalue weighted by molar-refractivity contribution is 6.37. The first-order valence-electron chi connectivity index (χ1n) is 11.5. The molecule has 0 spiro atoms. The number of carbonyl (C=O) groups is 2. The Morgan fingerprint density at radius 1 is 1.12 bits per heavy atom. The maximum absolute atomic E-state index is 13.3. The predicted molar refractivity (Wildman–Crippen MR) is 139 cm³/mol. The molecule has 1 aromatic heterocycles. The number of H-pyrrole nitrogens is 1. The fourth-order valence-corrected chi connectivity index (χ4v) is 4.52. The minimum absolute atomic E-state index is 0.135. The van der Waals surface area contributed by atoms with Crippen molar-refractivity contribution in [3.8, 4) is 11.1 Å². The number of aromatic nitrogens is 1. The van der Waals surface area contributed by atoms with Crippen molar-refractivity contribution < 1.29 is 9.59 Å². The van der Waals surface area contributed by atoms with E-state index in [9.17, 15) is 9.59 Å². The zero-order chi connectivity index (χ0) is 24.2. The number of fused-ring (bicyclic) bond motifs is 1. The van der Waals surface area contributed by atoms with E-state index in [1.54, 1.807) is 24.3 Å². The van der Waals surface area contributed by atoms with Crippen LogP contribution in [0.2, 0.25) is 5.02 Å². The number of nitrogens with one attached hydrogen (secondary N) is 3. The lowest BCUT2D eigenvalue weighted by Crippen LogP contribution is -2.35. The summed E-state index contributed by atoms with van der Waals surface area (Å²) in [6, 6.07) is 15.1. The summed E-state index contributed by atoms with van der Waals surface area (Å²) in [4.78, 5) is 31.7. The standard InChI is InChI=1S/C27H29ClN4O2/c1-4-32(5-2)14-13-29-27(34)24-17(3)30-23(25(24)18-9-7-6-8-10-18)16-21-20-15-19(28)11-12-22(20)31-26(21)33/h6-12,15-16,30H,4-5,13-14H2,1-3H3,(H,29,34)(H,31,33)/b21-16-. The van der Waals surface area contributed by atoms with Gasteiger partial charge in [0.15, 0.2) is 0 Å². The van der Waals surface area contributed by atoms with Gasteiger partial charge in [0.25, 0.3) is 11.8 Å². The van der Waals surface area contributed by atoms with Crippen LogP contribution >= 0.6 is 11.6 Å². The molecule has 0 saturated carbocycles. The van der Waals surface area contributed by atoms with E-state index in [0.717, 1.165) is 47.7 Å². The highest BCUT2D eigenvalue weighted by atomic mass is 35.5. The average Bonchev–Trinajstić information content (AvgIpc) is 3.33. The minimum Gasteiger partial charge on any atom is -0.358 e. The molecule has 1 aliphatic heterocycles. The van der Waals surface area contributed by atoms with E-state index in [2.05, 4.69) is 34.4 Å². The third-order valence-corrected chi connectivity index (χ3v) is 6.40. The molecule has 2 amide bonds. The Hall–Kier alpha value is -3.35. The summed E-state index contributed by atoms with van der Waals surface area (Å²) in [5.41, 5.74) is 5.68. The monoisotopic (exact) mass is 476 g/mol. The van der Waals surface area contributed by atoms with E-state index in [1.807, 2.05) is 37.3 Å². The first-order chi connectivity index (χ1) is 16.4. The van der Waals surface area contributed by atoms with Crippen LogP contribution in [-0.2, 0) is 4.79 Å². The first-order valence-corrected chi connectivity index (χ1v) is 11.9. The van der Waals surface area contributed by atoms with Crippen LogP contribution in [0.5, 0.6) is 0 Å². The summed E-state index contributed by atoms with van der Waals surface area (Å²) in [5.74, 6) is -0.336. The van der Waals surface area contributed by atoms with Crippen LogP contribution in [0.15, 0.2) is 48.5 Å². The van der Waals surface area contributed by atoms with Crippen molar-refractivity contribution in [3.05, 3.63) is 76.1 Å². The molecule has 2 aromatic carbocycles. The number of carbonyl (C=O) groups excluding carboxylic acids is 2. The molecule has 0 fully saturated rings. The SMILES string of the molecule is CCN(CC)CCNC(=O)c1c(C)[nH]c(/C=C2\C(=O)Nc3ccc(Cl)cc32)c1-c1ccccc1. The molecular weight excluding hydrogens is 448 g/mol. The number of nitrogens with zero attached hydrogens (tertiary/aromatic N) is 1. The molecule has 176 valence electrons. The van der Waals surface area contributed by atoms with Crippen LogP contribution in [0, 0.1) is 6.92 Å². The topological polar surface area (TPSA) is 77.2 Å². The van der Waals surface area contributed by atoms with Gasteiger partial charge in [-0.3, -0.25) is 9.59 Å². The molecule has 4 rings (SSSR count). The summed E-state index contributed by atoms with van der Waals surface area (Å²) in [5, 5.41) is 6.51. The minimum atomic E-state index is -0.200. The summed E-state index contributed by atoms with van der Waals surface area (Å²) >= 11 is 6.20. The lowest BCUT2D eigenvalue weighted by Gasteiger charge is -2.18. The molecule has 0 saturated heterocycles. The van der Waals surface area contributed by atoms with E-state index in [1.165, 1.54) is 0 Å². The van der Waals surface area contributed by atoms with Gasteiger partial charge in [-0.1, -0.05) is 55.8 Å². The van der Waals surface area contributed by atoms with Crippen LogP contribution in [0.4, 0.5) is 5.69 Å². The van der Waals surface area contributed by atoms with Gasteiger partial charge >= 0.3 is 0 Å². The average molecular weight is 477 g/mol. The van der Waals surface area contributed by atoms with Gasteiger partial charge in [-0.25, -0.2) is 0 Å². The van der Waals surface area contributed by atoms with Crippen molar-refractivity contribution in [3.63, 3.8) is 0 Å². The molecule has 3 aromatic rings. The first kappa shape index (κ1) is 23.8. The number of halogens is 1. The molecule has 0 radical (unpaired) electrons. The molecular formula is C27H29ClN4O2. The summed E-state index contributed by atoms with van der Waals surface area (Å²) in [6.45, 7) is 9.33. The van der Waals surface area contributed by atoms with Gasteiger partial charge in [-0.2, -0.15) is 0 Å². The Balaban J connectivity index is 1.75. The van der Waals surface area contributed by atoms with Crippen molar-refractivity contribution in [1.29, 1.82) is 0 Å². The lowest BCUT2D eigenvalue weighted by molar-refractivity contribution is -0.110. The second kappa shape index (κ2) is 10.3. The predicted octanol–water partition coefficient (Wildman–Crippen LogP) is 5.21. The van der Waals surface area contributed by atoms with Gasteiger partial charge in [-0.15, -0.1) is 0 Å². The third-order valence-electron chi connectivity index (χ3n) is 6.17. The zero-order valence-electron chi connectivity index (χ0n) is 19.7. The van der Waals surface area contributed by atoms with Crippen molar-refractivity contribution in [1.82, 2.24) is 15.2 Å². The Kier molecular flexibility index (Phi) is 7.20. The smallest absolute Gasteiger partial charge is 0.256 e. The molecule has 1 aliphatic rings. The van der Waals surface area contributed by atoms with Crippen molar-refractivity contribution >= 4 is 40.8 Å². The van der Waals surface area contributed by atoms with Gasteiger partial charge in [-0.05, 0) is 49.9 Å². The van der Waals surface area contributed by atoms with Gasteiger partial charge in [0, 0.05) is 46.3 Å². The molecule has 0 bridgehead atoms. The number of rotatable bonds is 8. The van der Waals surface area contributed by atoms with E-state index < -0.39 is 0 Å². The second-order valence-corrected chi connectivity index (χ2v) is 8.70. The van der Waals surface area contributed by atoms with E-state index in [-0.39, 0.29) is 11.8 Å². The van der Waals surface area contributed by atoms with Crippen LogP contribution in [0.1, 0.15) is 41.2 Å². The normalized spacial score (nSPS) is 13.9. The Morgan fingerprint density at radius 3 is 2.56 bits per heavy atom. The number of hydrogen-bond donors (Lipinski definition) is 3. The Morgan fingerprint density at radius 2 is 1.85 bits per heavy atom. The fraction of sp³-hybridized carbons (Fsp3) is 0.259. The quantitative estimate of drug-likeness (QED) is 0.391. The highest BCUT2D eigenvalue weighted by Crippen LogP contribution is 2.38. The molecule has 7 heteroatoms. The Labute approximate surface area is 205 Å². The number of likely N-dealkylation sites (N-methyl/N-ethyl adjacent to an activating group) is 1. The number of amides is 2. The molecule has 3 N–H and O–H groups in total.